The molecule has 0 spiro atoms. The molecule has 1 saturated heterocycles. The third-order valence-electron chi connectivity index (χ3n) is 3.45. The lowest BCUT2D eigenvalue weighted by Gasteiger charge is -2.26. The van der Waals surface area contributed by atoms with E-state index in [9.17, 15) is 4.79 Å². The van der Waals surface area contributed by atoms with E-state index >= 15 is 0 Å². The highest BCUT2D eigenvalue weighted by atomic mass is 16.5. The summed E-state index contributed by atoms with van der Waals surface area (Å²) < 4.78 is 7.28. The van der Waals surface area contributed by atoms with E-state index in [1.54, 1.807) is 4.90 Å². The van der Waals surface area contributed by atoms with E-state index in [-0.39, 0.29) is 6.03 Å². The normalized spacial score (nSPS) is 15.5. The third-order valence-corrected chi connectivity index (χ3v) is 3.45. The van der Waals surface area contributed by atoms with Crippen LogP contribution in [0.2, 0.25) is 0 Å². The zero-order chi connectivity index (χ0) is 13.8. The molecule has 2 aromatic rings. The highest BCUT2D eigenvalue weighted by molar-refractivity contribution is 5.75. The molecule has 1 fully saturated rings. The van der Waals surface area contributed by atoms with Crippen molar-refractivity contribution in [3.8, 4) is 0 Å². The van der Waals surface area contributed by atoms with Gasteiger partial charge in [0.25, 0.3) is 0 Å². The van der Waals surface area contributed by atoms with Gasteiger partial charge >= 0.3 is 6.03 Å². The Morgan fingerprint density at radius 1 is 1.30 bits per heavy atom. The largest absolute Gasteiger partial charge is 0.378 e. The summed E-state index contributed by atoms with van der Waals surface area (Å²) in [5.41, 5.74) is 2.07. The molecule has 1 aliphatic heterocycles. The Morgan fingerprint density at radius 2 is 2.10 bits per heavy atom. The maximum atomic E-state index is 11.9. The van der Waals surface area contributed by atoms with Gasteiger partial charge in [-0.1, -0.05) is 12.1 Å². The summed E-state index contributed by atoms with van der Waals surface area (Å²) >= 11 is 0. The summed E-state index contributed by atoms with van der Waals surface area (Å²) in [6.07, 6.45) is 1.81. The number of amides is 2. The number of ether oxygens (including phenoxy) is 1. The van der Waals surface area contributed by atoms with Crippen LogP contribution in [0.5, 0.6) is 0 Å². The number of hydrogen-bond donors (Lipinski definition) is 1. The van der Waals surface area contributed by atoms with Crippen LogP contribution in [0.4, 0.5) is 4.79 Å². The predicted molar refractivity (Wildman–Crippen MR) is 75.5 cm³/mol. The SMILES string of the molecule is O=C(NCCn1cnc2ccccc21)N1CCOCC1. The molecule has 2 heterocycles. The van der Waals surface area contributed by atoms with Gasteiger partial charge in [-0.15, -0.1) is 0 Å². The van der Waals surface area contributed by atoms with Crippen molar-refractivity contribution in [2.75, 3.05) is 32.8 Å². The predicted octanol–water partition coefficient (Wildman–Crippen LogP) is 1.08. The fourth-order valence-corrected chi connectivity index (χ4v) is 2.35. The van der Waals surface area contributed by atoms with E-state index in [1.807, 2.05) is 30.6 Å². The molecule has 0 bridgehead atoms. The van der Waals surface area contributed by atoms with E-state index in [0.717, 1.165) is 17.6 Å². The van der Waals surface area contributed by atoms with Gasteiger partial charge in [-0.25, -0.2) is 9.78 Å². The lowest BCUT2D eigenvalue weighted by Crippen LogP contribution is -2.46. The Balaban J connectivity index is 1.53. The molecule has 0 radical (unpaired) electrons. The van der Waals surface area contributed by atoms with E-state index in [1.165, 1.54) is 0 Å². The fraction of sp³-hybridized carbons (Fsp3) is 0.429. The molecular formula is C14H18N4O2. The molecule has 0 unspecified atom stereocenters. The Hall–Kier alpha value is -2.08. The summed E-state index contributed by atoms with van der Waals surface area (Å²) in [6, 6.07) is 7.97. The van der Waals surface area contributed by atoms with Crippen LogP contribution in [0, 0.1) is 0 Å². The first-order valence-corrected chi connectivity index (χ1v) is 6.85. The van der Waals surface area contributed by atoms with Crippen LogP contribution < -0.4 is 5.32 Å². The number of aromatic nitrogens is 2. The van der Waals surface area contributed by atoms with Gasteiger partial charge in [0.05, 0.1) is 30.6 Å². The first-order valence-electron chi connectivity index (χ1n) is 6.85. The first-order chi connectivity index (χ1) is 9.84. The lowest BCUT2D eigenvalue weighted by atomic mass is 10.3. The molecule has 106 valence electrons. The number of morpholine rings is 1. The summed E-state index contributed by atoms with van der Waals surface area (Å²) in [4.78, 5) is 18.0. The molecule has 1 aromatic carbocycles. The molecule has 1 aliphatic rings. The molecule has 0 saturated carbocycles. The van der Waals surface area contributed by atoms with Gasteiger partial charge in [0.15, 0.2) is 0 Å². The van der Waals surface area contributed by atoms with Gasteiger partial charge in [0.2, 0.25) is 0 Å². The molecule has 0 aliphatic carbocycles. The standard InChI is InChI=1S/C14H18N4O2/c19-14(17-7-9-20-10-8-17)15-5-6-18-11-16-12-3-1-2-4-13(12)18/h1-4,11H,5-10H2,(H,15,19). The minimum atomic E-state index is -0.0160. The maximum Gasteiger partial charge on any atom is 0.317 e. The number of nitrogens with zero attached hydrogens (tertiary/aromatic N) is 3. The second kappa shape index (κ2) is 5.92. The summed E-state index contributed by atoms with van der Waals surface area (Å²) in [5.74, 6) is 0. The van der Waals surface area contributed by atoms with Crippen molar-refractivity contribution in [1.82, 2.24) is 19.8 Å². The highest BCUT2D eigenvalue weighted by Crippen LogP contribution is 2.11. The fourth-order valence-electron chi connectivity index (χ4n) is 2.35. The Labute approximate surface area is 117 Å². The van der Waals surface area contributed by atoms with Gasteiger partial charge in [-0.05, 0) is 12.1 Å². The Bertz CT molecular complexity index is 590. The average Bonchev–Trinajstić information content (AvgIpc) is 2.92. The Morgan fingerprint density at radius 3 is 2.95 bits per heavy atom. The van der Waals surface area contributed by atoms with Crippen LogP contribution in [-0.2, 0) is 11.3 Å². The number of carbonyl (C=O) groups excluding carboxylic acids is 1. The molecular weight excluding hydrogens is 256 g/mol. The Kier molecular flexibility index (Phi) is 3.83. The van der Waals surface area contributed by atoms with E-state index in [4.69, 9.17) is 4.74 Å². The zero-order valence-electron chi connectivity index (χ0n) is 11.3. The van der Waals surface area contributed by atoms with Gasteiger partial charge < -0.3 is 19.5 Å². The number of imidazole rings is 1. The number of fused-ring (bicyclic) bond motifs is 1. The van der Waals surface area contributed by atoms with E-state index in [2.05, 4.69) is 14.9 Å². The highest BCUT2D eigenvalue weighted by Gasteiger charge is 2.15. The summed E-state index contributed by atoms with van der Waals surface area (Å²) in [7, 11) is 0. The van der Waals surface area contributed by atoms with Crippen molar-refractivity contribution in [1.29, 1.82) is 0 Å². The van der Waals surface area contributed by atoms with Crippen LogP contribution in [-0.4, -0.2) is 53.3 Å². The zero-order valence-corrected chi connectivity index (χ0v) is 11.3. The minimum absolute atomic E-state index is 0.0160. The first kappa shape index (κ1) is 12.9. The van der Waals surface area contributed by atoms with Gasteiger partial charge in [-0.3, -0.25) is 0 Å². The van der Waals surface area contributed by atoms with Crippen molar-refractivity contribution in [2.24, 2.45) is 0 Å². The van der Waals surface area contributed by atoms with Crippen LogP contribution in [0.3, 0.4) is 0 Å². The molecule has 6 nitrogen and oxygen atoms in total. The monoisotopic (exact) mass is 274 g/mol. The van der Waals surface area contributed by atoms with Crippen molar-refractivity contribution in [3.05, 3.63) is 30.6 Å². The number of nitrogens with one attached hydrogen (secondary N) is 1. The number of para-hydroxylation sites is 2. The molecule has 1 N–H and O–H groups in total. The average molecular weight is 274 g/mol. The van der Waals surface area contributed by atoms with Crippen LogP contribution in [0.15, 0.2) is 30.6 Å². The maximum absolute atomic E-state index is 11.9. The quantitative estimate of drug-likeness (QED) is 0.911. The van der Waals surface area contributed by atoms with Gasteiger partial charge in [0, 0.05) is 26.2 Å². The molecule has 6 heteroatoms. The number of hydrogen-bond acceptors (Lipinski definition) is 3. The van der Waals surface area contributed by atoms with Gasteiger partial charge in [-0.2, -0.15) is 0 Å². The van der Waals surface area contributed by atoms with Crippen LogP contribution >= 0.6 is 0 Å². The molecule has 0 atom stereocenters. The van der Waals surface area contributed by atoms with E-state index in [0.29, 0.717) is 32.8 Å². The molecule has 3 rings (SSSR count). The van der Waals surface area contributed by atoms with E-state index < -0.39 is 0 Å². The smallest absolute Gasteiger partial charge is 0.317 e. The van der Waals surface area contributed by atoms with Crippen LogP contribution in [0.25, 0.3) is 11.0 Å². The number of carbonyl (C=O) groups is 1. The number of benzene rings is 1. The van der Waals surface area contributed by atoms with Crippen molar-refractivity contribution < 1.29 is 9.53 Å². The minimum Gasteiger partial charge on any atom is -0.378 e. The molecule has 2 amide bonds. The molecule has 20 heavy (non-hydrogen) atoms. The van der Waals surface area contributed by atoms with Crippen molar-refractivity contribution in [3.63, 3.8) is 0 Å². The second-order valence-corrected chi connectivity index (χ2v) is 4.76. The summed E-state index contributed by atoms with van der Waals surface area (Å²) in [5, 5.41) is 2.94. The molecule has 1 aromatic heterocycles. The van der Waals surface area contributed by atoms with Crippen molar-refractivity contribution >= 4 is 17.1 Å². The topological polar surface area (TPSA) is 59.4 Å². The van der Waals surface area contributed by atoms with Gasteiger partial charge in [0.1, 0.15) is 0 Å². The van der Waals surface area contributed by atoms with Crippen molar-refractivity contribution in [2.45, 2.75) is 6.54 Å². The summed E-state index contributed by atoms with van der Waals surface area (Å²) in [6.45, 7) is 3.89. The number of rotatable bonds is 3. The third kappa shape index (κ3) is 2.75. The van der Waals surface area contributed by atoms with Crippen LogP contribution in [0.1, 0.15) is 0 Å². The second-order valence-electron chi connectivity index (χ2n) is 4.76. The lowest BCUT2D eigenvalue weighted by molar-refractivity contribution is 0.0532. The number of urea groups is 1.